The van der Waals surface area contributed by atoms with Crippen LogP contribution in [0, 0.1) is 0 Å². The molecule has 2 aromatic carbocycles. The molecule has 21 heavy (non-hydrogen) atoms. The maximum Gasteiger partial charge on any atom is 0.0741 e. The minimum absolute atomic E-state index is 0.0766. The van der Waals surface area contributed by atoms with Crippen molar-refractivity contribution in [2.75, 3.05) is 6.26 Å². The van der Waals surface area contributed by atoms with Gasteiger partial charge < -0.3 is 0 Å². The van der Waals surface area contributed by atoms with Gasteiger partial charge in [0, 0.05) is 28.2 Å². The fourth-order valence-corrected chi connectivity index (χ4v) is 3.26. The maximum atomic E-state index is 5.86. The molecule has 3 nitrogen and oxygen atoms in total. The van der Waals surface area contributed by atoms with E-state index in [0.29, 0.717) is 0 Å². The highest BCUT2D eigenvalue weighted by atomic mass is 32.2. The number of pyridine rings is 1. The number of hydrazine groups is 1. The van der Waals surface area contributed by atoms with Gasteiger partial charge in [0.2, 0.25) is 0 Å². The molecule has 0 bridgehead atoms. The van der Waals surface area contributed by atoms with Gasteiger partial charge in [-0.2, -0.15) is 0 Å². The topological polar surface area (TPSA) is 50.9 Å². The average molecular weight is 295 g/mol. The number of aromatic nitrogens is 1. The highest BCUT2D eigenvalue weighted by Gasteiger charge is 2.18. The van der Waals surface area contributed by atoms with E-state index in [2.05, 4.69) is 40.9 Å². The molecule has 1 aromatic heterocycles. The second kappa shape index (κ2) is 6.26. The van der Waals surface area contributed by atoms with Gasteiger partial charge in [-0.05, 0) is 23.3 Å². The van der Waals surface area contributed by atoms with E-state index < -0.39 is 0 Å². The van der Waals surface area contributed by atoms with Gasteiger partial charge in [-0.15, -0.1) is 11.8 Å². The summed E-state index contributed by atoms with van der Waals surface area (Å²) in [4.78, 5) is 5.58. The lowest BCUT2D eigenvalue weighted by atomic mass is 9.96. The van der Waals surface area contributed by atoms with Gasteiger partial charge in [-0.1, -0.05) is 42.5 Å². The van der Waals surface area contributed by atoms with Crippen LogP contribution in [-0.4, -0.2) is 11.2 Å². The second-order valence-electron chi connectivity index (χ2n) is 4.79. The van der Waals surface area contributed by atoms with Gasteiger partial charge >= 0.3 is 0 Å². The first kappa shape index (κ1) is 14.1. The van der Waals surface area contributed by atoms with Crippen molar-refractivity contribution in [3.63, 3.8) is 0 Å². The lowest BCUT2D eigenvalue weighted by Crippen LogP contribution is -2.29. The number of nitrogens with zero attached hydrogens (tertiary/aromatic N) is 1. The van der Waals surface area contributed by atoms with Crippen molar-refractivity contribution < 1.29 is 0 Å². The van der Waals surface area contributed by atoms with Gasteiger partial charge in [0.1, 0.15) is 0 Å². The Morgan fingerprint density at radius 1 is 1.00 bits per heavy atom. The summed E-state index contributed by atoms with van der Waals surface area (Å²) in [6.45, 7) is 0. The second-order valence-corrected chi connectivity index (χ2v) is 5.64. The third-order valence-corrected chi connectivity index (χ3v) is 4.44. The summed E-state index contributed by atoms with van der Waals surface area (Å²) in [5, 5.41) is 2.29. The van der Waals surface area contributed by atoms with Crippen LogP contribution in [0.3, 0.4) is 0 Å². The quantitative estimate of drug-likeness (QED) is 0.439. The van der Waals surface area contributed by atoms with Gasteiger partial charge in [0.05, 0.1) is 6.04 Å². The summed E-state index contributed by atoms with van der Waals surface area (Å²) < 4.78 is 0. The molecule has 0 aliphatic heterocycles. The molecule has 0 aliphatic rings. The van der Waals surface area contributed by atoms with Crippen molar-refractivity contribution in [2.45, 2.75) is 10.9 Å². The number of nitrogens with two attached hydrogens (primary N) is 1. The van der Waals surface area contributed by atoms with Crippen molar-refractivity contribution >= 4 is 22.5 Å². The first-order valence-corrected chi connectivity index (χ1v) is 7.99. The molecular formula is C17H17N3S. The summed E-state index contributed by atoms with van der Waals surface area (Å²) in [5.41, 5.74) is 5.21. The number of nitrogens with one attached hydrogen (secondary N) is 1. The smallest absolute Gasteiger partial charge is 0.0741 e. The third-order valence-electron chi connectivity index (χ3n) is 3.63. The summed E-state index contributed by atoms with van der Waals surface area (Å²) >= 11 is 1.72. The molecule has 0 aliphatic carbocycles. The van der Waals surface area contributed by atoms with E-state index in [1.807, 2.05) is 36.7 Å². The highest BCUT2D eigenvalue weighted by Crippen LogP contribution is 2.32. The van der Waals surface area contributed by atoms with Crippen LogP contribution in [0.15, 0.2) is 65.8 Å². The minimum atomic E-state index is -0.0766. The number of benzene rings is 2. The molecule has 0 fully saturated rings. The number of rotatable bonds is 4. The molecule has 1 heterocycles. The van der Waals surface area contributed by atoms with E-state index in [4.69, 9.17) is 5.84 Å². The fourth-order valence-electron chi connectivity index (χ4n) is 2.62. The summed E-state index contributed by atoms with van der Waals surface area (Å²) in [7, 11) is 0. The van der Waals surface area contributed by atoms with Crippen LogP contribution in [-0.2, 0) is 0 Å². The Morgan fingerprint density at radius 3 is 2.57 bits per heavy atom. The number of hydrogen-bond acceptors (Lipinski definition) is 4. The molecule has 1 atom stereocenters. The van der Waals surface area contributed by atoms with Gasteiger partial charge in [-0.25, -0.2) is 5.43 Å². The normalized spacial score (nSPS) is 12.5. The molecule has 3 N–H and O–H groups in total. The van der Waals surface area contributed by atoms with Crippen LogP contribution >= 0.6 is 11.8 Å². The Morgan fingerprint density at radius 2 is 1.76 bits per heavy atom. The molecule has 0 radical (unpaired) electrons. The summed E-state index contributed by atoms with van der Waals surface area (Å²) in [6.07, 6.45) is 5.85. The lowest BCUT2D eigenvalue weighted by molar-refractivity contribution is 0.630. The summed E-state index contributed by atoms with van der Waals surface area (Å²) in [5.74, 6) is 5.86. The molecule has 3 rings (SSSR count). The number of fused-ring (bicyclic) bond motifs is 1. The van der Waals surface area contributed by atoms with Crippen LogP contribution < -0.4 is 11.3 Å². The Bertz CT molecular complexity index is 752. The largest absolute Gasteiger partial charge is 0.271 e. The molecule has 0 amide bonds. The van der Waals surface area contributed by atoms with Crippen LogP contribution in [0.1, 0.15) is 17.2 Å². The SMILES string of the molecule is CSc1ccccc1C(NN)c1cncc2ccccc12. The Balaban J connectivity index is 2.19. The lowest BCUT2D eigenvalue weighted by Gasteiger charge is -2.20. The minimum Gasteiger partial charge on any atom is -0.271 e. The Labute approximate surface area is 128 Å². The highest BCUT2D eigenvalue weighted by molar-refractivity contribution is 7.98. The van der Waals surface area contributed by atoms with Crippen molar-refractivity contribution in [2.24, 2.45) is 5.84 Å². The fraction of sp³-hybridized carbons (Fsp3) is 0.118. The van der Waals surface area contributed by atoms with Gasteiger partial charge in [0.25, 0.3) is 0 Å². The van der Waals surface area contributed by atoms with E-state index in [1.54, 1.807) is 11.8 Å². The predicted octanol–water partition coefficient (Wildman–Crippen LogP) is 3.51. The first-order valence-electron chi connectivity index (χ1n) is 6.77. The van der Waals surface area contributed by atoms with Crippen LogP contribution in [0.4, 0.5) is 0 Å². The molecule has 106 valence electrons. The van der Waals surface area contributed by atoms with Crippen molar-refractivity contribution in [1.82, 2.24) is 10.4 Å². The van der Waals surface area contributed by atoms with E-state index in [-0.39, 0.29) is 6.04 Å². The maximum absolute atomic E-state index is 5.86. The molecular weight excluding hydrogens is 278 g/mol. The average Bonchev–Trinajstić information content (AvgIpc) is 2.56. The standard InChI is InChI=1S/C17H17N3S/c1-21-16-9-5-4-8-14(16)17(20-18)15-11-19-10-12-6-2-3-7-13(12)15/h2-11,17,20H,18H2,1H3. The van der Waals surface area contributed by atoms with E-state index in [1.165, 1.54) is 15.8 Å². The van der Waals surface area contributed by atoms with Crippen LogP contribution in [0.25, 0.3) is 10.8 Å². The van der Waals surface area contributed by atoms with E-state index >= 15 is 0 Å². The molecule has 0 spiro atoms. The zero-order valence-electron chi connectivity index (χ0n) is 11.8. The van der Waals surface area contributed by atoms with Gasteiger partial charge in [0.15, 0.2) is 0 Å². The molecule has 1 unspecified atom stereocenters. The first-order chi connectivity index (χ1) is 10.3. The zero-order valence-corrected chi connectivity index (χ0v) is 12.6. The zero-order chi connectivity index (χ0) is 14.7. The third kappa shape index (κ3) is 2.65. The molecule has 0 saturated carbocycles. The van der Waals surface area contributed by atoms with Crippen LogP contribution in [0.5, 0.6) is 0 Å². The van der Waals surface area contributed by atoms with Gasteiger partial charge in [-0.3, -0.25) is 10.8 Å². The van der Waals surface area contributed by atoms with E-state index in [0.717, 1.165) is 10.9 Å². The molecule has 4 heteroatoms. The summed E-state index contributed by atoms with van der Waals surface area (Å²) in [6, 6.07) is 16.5. The molecule has 0 saturated heterocycles. The Hall–Kier alpha value is -1.88. The van der Waals surface area contributed by atoms with Crippen LogP contribution in [0.2, 0.25) is 0 Å². The Kier molecular flexibility index (Phi) is 4.20. The van der Waals surface area contributed by atoms with Crippen molar-refractivity contribution in [1.29, 1.82) is 0 Å². The molecule has 3 aromatic rings. The van der Waals surface area contributed by atoms with E-state index in [9.17, 15) is 0 Å². The predicted molar refractivity (Wildman–Crippen MR) is 89.1 cm³/mol. The number of thioether (sulfide) groups is 1. The monoisotopic (exact) mass is 295 g/mol. The van der Waals surface area contributed by atoms with Crippen molar-refractivity contribution in [3.05, 3.63) is 72.1 Å². The van der Waals surface area contributed by atoms with Crippen molar-refractivity contribution in [3.8, 4) is 0 Å². The number of hydrogen-bond donors (Lipinski definition) is 2.